The van der Waals surface area contributed by atoms with Crippen molar-refractivity contribution in [2.45, 2.75) is 6.92 Å². The minimum Gasteiger partial charge on any atom is -0.345 e. The smallest absolute Gasteiger partial charge is 0.198 e. The highest BCUT2D eigenvalue weighted by Crippen LogP contribution is 2.23. The van der Waals surface area contributed by atoms with Crippen LogP contribution in [0.4, 0.5) is 4.39 Å². The zero-order valence-corrected chi connectivity index (χ0v) is 11.1. The van der Waals surface area contributed by atoms with Gasteiger partial charge in [0.05, 0.1) is 11.1 Å². The molecule has 0 fully saturated rings. The Hall–Kier alpha value is -3.00. The van der Waals surface area contributed by atoms with Crippen molar-refractivity contribution < 1.29 is 9.18 Å². The van der Waals surface area contributed by atoms with Gasteiger partial charge in [-0.2, -0.15) is 5.26 Å². The maximum absolute atomic E-state index is 14.1. The second-order valence-corrected chi connectivity index (χ2v) is 4.70. The van der Waals surface area contributed by atoms with Crippen LogP contribution < -0.4 is 0 Å². The Bertz CT molecular complexity index is 906. The van der Waals surface area contributed by atoms with Crippen molar-refractivity contribution in [2.24, 2.45) is 0 Å². The molecule has 0 aliphatic heterocycles. The molecule has 1 N–H and O–H groups in total. The molecular formula is C16H10FN3O. The predicted molar refractivity (Wildman–Crippen MR) is 75.4 cm³/mol. The van der Waals surface area contributed by atoms with Gasteiger partial charge >= 0.3 is 0 Å². The molecule has 0 saturated heterocycles. The van der Waals surface area contributed by atoms with Gasteiger partial charge in [0.25, 0.3) is 0 Å². The van der Waals surface area contributed by atoms with Crippen LogP contribution >= 0.6 is 0 Å². The molecule has 2 aromatic heterocycles. The van der Waals surface area contributed by atoms with Crippen LogP contribution in [0.15, 0.2) is 36.7 Å². The summed E-state index contributed by atoms with van der Waals surface area (Å²) in [4.78, 5) is 19.4. The molecule has 0 amide bonds. The summed E-state index contributed by atoms with van der Waals surface area (Å²) in [7, 11) is 0. The van der Waals surface area contributed by atoms with Crippen molar-refractivity contribution in [2.75, 3.05) is 0 Å². The minimum absolute atomic E-state index is 0.0123. The SMILES string of the molecule is Cc1cccc(C(=O)c2c[nH]c3ncc(C#N)cc23)c1F. The lowest BCUT2D eigenvalue weighted by Gasteiger charge is -2.04. The lowest BCUT2D eigenvalue weighted by Crippen LogP contribution is -2.05. The van der Waals surface area contributed by atoms with Crippen LogP contribution in [-0.2, 0) is 0 Å². The third-order valence-corrected chi connectivity index (χ3v) is 3.34. The van der Waals surface area contributed by atoms with Gasteiger partial charge in [-0.1, -0.05) is 12.1 Å². The van der Waals surface area contributed by atoms with Crippen LogP contribution in [-0.4, -0.2) is 15.8 Å². The molecule has 21 heavy (non-hydrogen) atoms. The van der Waals surface area contributed by atoms with Gasteiger partial charge in [-0.25, -0.2) is 9.37 Å². The van der Waals surface area contributed by atoms with Gasteiger partial charge in [0, 0.05) is 23.3 Å². The molecule has 5 heteroatoms. The van der Waals surface area contributed by atoms with Crippen molar-refractivity contribution in [3.8, 4) is 6.07 Å². The van der Waals surface area contributed by atoms with Gasteiger partial charge in [0.1, 0.15) is 17.5 Å². The van der Waals surface area contributed by atoms with Crippen molar-refractivity contribution in [1.82, 2.24) is 9.97 Å². The average molecular weight is 279 g/mol. The maximum atomic E-state index is 14.1. The quantitative estimate of drug-likeness (QED) is 0.733. The number of rotatable bonds is 2. The first-order chi connectivity index (χ1) is 10.1. The average Bonchev–Trinajstić information content (AvgIpc) is 2.92. The van der Waals surface area contributed by atoms with Gasteiger partial charge in [-0.05, 0) is 24.6 Å². The normalized spacial score (nSPS) is 10.5. The summed E-state index contributed by atoms with van der Waals surface area (Å²) >= 11 is 0. The summed E-state index contributed by atoms with van der Waals surface area (Å²) < 4.78 is 14.1. The van der Waals surface area contributed by atoms with Gasteiger partial charge in [-0.3, -0.25) is 4.79 Å². The molecule has 0 unspecified atom stereocenters. The molecule has 102 valence electrons. The molecule has 1 aromatic carbocycles. The van der Waals surface area contributed by atoms with Crippen molar-refractivity contribution in [3.05, 3.63) is 64.7 Å². The number of carbonyl (C=O) groups excluding carboxylic acids is 1. The Balaban J connectivity index is 2.18. The third-order valence-electron chi connectivity index (χ3n) is 3.34. The Kier molecular flexibility index (Phi) is 2.99. The Morgan fingerprint density at radius 1 is 1.38 bits per heavy atom. The number of nitrogens with zero attached hydrogens (tertiary/aromatic N) is 2. The van der Waals surface area contributed by atoms with E-state index >= 15 is 0 Å². The Morgan fingerprint density at radius 3 is 2.95 bits per heavy atom. The van der Waals surface area contributed by atoms with E-state index in [1.807, 2.05) is 6.07 Å². The van der Waals surface area contributed by atoms with Crippen molar-refractivity contribution in [1.29, 1.82) is 5.26 Å². The van der Waals surface area contributed by atoms with Crippen LogP contribution in [0, 0.1) is 24.1 Å². The molecular weight excluding hydrogens is 269 g/mol. The number of hydrogen-bond donors (Lipinski definition) is 1. The molecule has 0 saturated carbocycles. The molecule has 3 rings (SSSR count). The lowest BCUT2D eigenvalue weighted by atomic mass is 10.0. The van der Waals surface area contributed by atoms with Crippen molar-refractivity contribution >= 4 is 16.8 Å². The number of ketones is 1. The summed E-state index contributed by atoms with van der Waals surface area (Å²) in [5, 5.41) is 9.43. The standard InChI is InChI=1S/C16H10FN3O/c1-9-3-2-4-11(14(9)17)15(21)13-8-20-16-12(13)5-10(6-18)7-19-16/h2-5,7-8H,1H3,(H,19,20). The highest BCUT2D eigenvalue weighted by Gasteiger charge is 2.19. The number of aryl methyl sites for hydroxylation is 1. The second kappa shape index (κ2) is 4.84. The van der Waals surface area contributed by atoms with E-state index in [4.69, 9.17) is 5.26 Å². The van der Waals surface area contributed by atoms with E-state index in [1.165, 1.54) is 18.5 Å². The number of nitriles is 1. The topological polar surface area (TPSA) is 69.5 Å². The van der Waals surface area contributed by atoms with Gasteiger partial charge in [0.15, 0.2) is 5.78 Å². The van der Waals surface area contributed by atoms with Gasteiger partial charge in [-0.15, -0.1) is 0 Å². The number of aromatic amines is 1. The van der Waals surface area contributed by atoms with Crippen molar-refractivity contribution in [3.63, 3.8) is 0 Å². The number of aromatic nitrogens is 2. The van der Waals surface area contributed by atoms with E-state index in [0.717, 1.165) is 0 Å². The largest absolute Gasteiger partial charge is 0.345 e. The fourth-order valence-corrected chi connectivity index (χ4v) is 2.22. The van der Waals surface area contributed by atoms with Crippen LogP contribution in [0.1, 0.15) is 27.0 Å². The molecule has 0 aliphatic rings. The maximum Gasteiger partial charge on any atom is 0.198 e. The minimum atomic E-state index is -0.527. The third kappa shape index (κ3) is 2.07. The Labute approximate surface area is 119 Å². The van der Waals surface area contributed by atoms with Gasteiger partial charge in [0.2, 0.25) is 0 Å². The van der Waals surface area contributed by atoms with E-state index in [9.17, 15) is 9.18 Å². The highest BCUT2D eigenvalue weighted by atomic mass is 19.1. The van der Waals surface area contributed by atoms with E-state index in [1.54, 1.807) is 25.1 Å². The van der Waals surface area contributed by atoms with Crippen LogP contribution in [0.2, 0.25) is 0 Å². The molecule has 0 radical (unpaired) electrons. The molecule has 0 bridgehead atoms. The van der Waals surface area contributed by atoms with E-state index in [0.29, 0.717) is 27.7 Å². The van der Waals surface area contributed by atoms with Gasteiger partial charge < -0.3 is 4.98 Å². The molecule has 2 heterocycles. The first kappa shape index (κ1) is 13.0. The first-order valence-corrected chi connectivity index (χ1v) is 6.29. The summed E-state index contributed by atoms with van der Waals surface area (Å²) in [5.74, 6) is -0.958. The van der Waals surface area contributed by atoms with Crippen LogP contribution in [0.25, 0.3) is 11.0 Å². The number of nitrogens with one attached hydrogen (secondary N) is 1. The molecule has 0 atom stereocenters. The summed E-state index contributed by atoms with van der Waals surface area (Å²) in [5.41, 5.74) is 1.57. The second-order valence-electron chi connectivity index (χ2n) is 4.70. The summed E-state index contributed by atoms with van der Waals surface area (Å²) in [6.07, 6.45) is 2.91. The number of halogens is 1. The number of hydrogen-bond acceptors (Lipinski definition) is 3. The number of carbonyl (C=O) groups is 1. The molecule has 0 spiro atoms. The number of fused-ring (bicyclic) bond motifs is 1. The number of benzene rings is 1. The molecule has 0 aliphatic carbocycles. The zero-order valence-electron chi connectivity index (χ0n) is 11.1. The van der Waals surface area contributed by atoms with E-state index in [2.05, 4.69) is 9.97 Å². The number of H-pyrrole nitrogens is 1. The first-order valence-electron chi connectivity index (χ1n) is 6.29. The highest BCUT2D eigenvalue weighted by molar-refractivity contribution is 6.16. The molecule has 3 aromatic rings. The van der Waals surface area contributed by atoms with Crippen LogP contribution in [0.3, 0.4) is 0 Å². The lowest BCUT2D eigenvalue weighted by molar-refractivity contribution is 0.103. The predicted octanol–water partition coefficient (Wildman–Crippen LogP) is 3.11. The van der Waals surface area contributed by atoms with E-state index < -0.39 is 11.6 Å². The van der Waals surface area contributed by atoms with Crippen LogP contribution in [0.5, 0.6) is 0 Å². The molecule has 4 nitrogen and oxygen atoms in total. The number of pyridine rings is 1. The summed E-state index contributed by atoms with van der Waals surface area (Å²) in [6, 6.07) is 8.24. The fourth-order valence-electron chi connectivity index (χ4n) is 2.22. The summed E-state index contributed by atoms with van der Waals surface area (Å²) in [6.45, 7) is 1.61. The van der Waals surface area contributed by atoms with E-state index in [-0.39, 0.29) is 5.56 Å². The Morgan fingerprint density at radius 2 is 2.19 bits per heavy atom. The fraction of sp³-hybridized carbons (Fsp3) is 0.0625. The zero-order chi connectivity index (χ0) is 15.0. The monoisotopic (exact) mass is 279 g/mol.